The van der Waals surface area contributed by atoms with Gasteiger partial charge < -0.3 is 4.43 Å². The molecule has 1 aromatic carbocycles. The van der Waals surface area contributed by atoms with Crippen molar-refractivity contribution in [3.8, 4) is 5.75 Å². The summed E-state index contributed by atoms with van der Waals surface area (Å²) < 4.78 is 4.76. The van der Waals surface area contributed by atoms with Gasteiger partial charge in [0.25, 0.3) is 5.69 Å². The maximum atomic E-state index is 10.3. The van der Waals surface area contributed by atoms with Crippen LogP contribution in [0, 0.1) is 17.0 Å². The molecule has 0 fully saturated rings. The van der Waals surface area contributed by atoms with Crippen molar-refractivity contribution >= 4 is 16.2 Å². The second-order valence-corrected chi connectivity index (χ2v) is 2.51. The first kappa shape index (κ1) is 8.73. The van der Waals surface area contributed by atoms with Crippen LogP contribution in [0.25, 0.3) is 0 Å². The average molecular weight is 180 g/mol. The molecule has 12 heavy (non-hydrogen) atoms. The Morgan fingerprint density at radius 2 is 2.25 bits per heavy atom. The summed E-state index contributed by atoms with van der Waals surface area (Å²) in [5.74, 6) is 0.581. The fraction of sp³-hybridized carbons (Fsp3) is 0.143. The van der Waals surface area contributed by atoms with Gasteiger partial charge in [-0.1, -0.05) is 0 Å². The van der Waals surface area contributed by atoms with E-state index in [4.69, 9.17) is 4.43 Å². The van der Waals surface area contributed by atoms with Crippen LogP contribution in [0.5, 0.6) is 5.75 Å². The minimum atomic E-state index is -0.440. The zero-order chi connectivity index (χ0) is 9.14. The summed E-state index contributed by atoms with van der Waals surface area (Å²) in [5.41, 5.74) is 0.791. The molecule has 61 valence electrons. The third-order valence-corrected chi connectivity index (χ3v) is 1.70. The molecule has 4 nitrogen and oxygen atoms in total. The highest BCUT2D eigenvalue weighted by Gasteiger charge is 2.06. The normalized spacial score (nSPS) is 9.50. The number of rotatable bonds is 2. The average Bonchev–Trinajstić information content (AvgIpc) is 2.04. The minimum Gasteiger partial charge on any atom is -0.540 e. The molecular weight excluding hydrogens is 174 g/mol. The van der Waals surface area contributed by atoms with E-state index in [1.54, 1.807) is 13.0 Å². The Balaban J connectivity index is 3.10. The lowest BCUT2D eigenvalue weighted by atomic mass is 10.2. The van der Waals surface area contributed by atoms with Crippen LogP contribution in [0.15, 0.2) is 18.2 Å². The quantitative estimate of drug-likeness (QED) is 0.392. The Kier molecular flexibility index (Phi) is 2.44. The molecule has 3 radical (unpaired) electrons. The summed E-state index contributed by atoms with van der Waals surface area (Å²) in [6.07, 6.45) is 0. The smallest absolute Gasteiger partial charge is 0.341 e. The molecule has 1 aromatic rings. The van der Waals surface area contributed by atoms with Crippen LogP contribution in [0.2, 0.25) is 0 Å². The van der Waals surface area contributed by atoms with Gasteiger partial charge in [0.1, 0.15) is 5.75 Å². The van der Waals surface area contributed by atoms with Gasteiger partial charge in [-0.15, -0.1) is 0 Å². The molecule has 5 heteroatoms. The SMILES string of the molecule is Cc1cc([N+](=O)[O-])ccc1O[Si]. The van der Waals surface area contributed by atoms with Crippen molar-refractivity contribution in [1.82, 2.24) is 0 Å². The number of aryl methyl sites for hydroxylation is 1. The number of hydrogen-bond donors (Lipinski definition) is 0. The third-order valence-electron chi connectivity index (χ3n) is 1.48. The number of non-ortho nitro benzene ring substituents is 1. The van der Waals surface area contributed by atoms with E-state index in [0.717, 1.165) is 5.56 Å². The van der Waals surface area contributed by atoms with Crippen LogP contribution in [0.1, 0.15) is 5.56 Å². The molecule has 0 saturated heterocycles. The van der Waals surface area contributed by atoms with Crippen molar-refractivity contribution < 1.29 is 9.35 Å². The highest BCUT2D eigenvalue weighted by molar-refractivity contribution is 6.00. The van der Waals surface area contributed by atoms with E-state index in [9.17, 15) is 10.1 Å². The van der Waals surface area contributed by atoms with Crippen LogP contribution in [-0.4, -0.2) is 15.4 Å². The van der Waals surface area contributed by atoms with Gasteiger partial charge in [0.2, 0.25) is 0 Å². The lowest BCUT2D eigenvalue weighted by Gasteiger charge is -2.02. The van der Waals surface area contributed by atoms with E-state index < -0.39 is 4.92 Å². The van der Waals surface area contributed by atoms with Crippen LogP contribution in [0.4, 0.5) is 5.69 Å². The zero-order valence-electron chi connectivity index (χ0n) is 6.40. The second kappa shape index (κ2) is 3.36. The first-order valence-electron chi connectivity index (χ1n) is 3.24. The van der Waals surface area contributed by atoms with Crippen molar-refractivity contribution in [2.75, 3.05) is 0 Å². The van der Waals surface area contributed by atoms with Gasteiger partial charge in [-0.3, -0.25) is 10.1 Å². The Morgan fingerprint density at radius 1 is 1.58 bits per heavy atom. The summed E-state index contributed by atoms with van der Waals surface area (Å²) in [6.45, 7) is 1.74. The van der Waals surface area contributed by atoms with Crippen molar-refractivity contribution in [3.05, 3.63) is 33.9 Å². The predicted octanol–water partition coefficient (Wildman–Crippen LogP) is 1.37. The van der Waals surface area contributed by atoms with Gasteiger partial charge in [-0.05, 0) is 18.6 Å². The molecule has 1 rings (SSSR count). The van der Waals surface area contributed by atoms with Crippen LogP contribution in [0.3, 0.4) is 0 Å². The molecule has 0 spiro atoms. The minimum absolute atomic E-state index is 0.0694. The predicted molar refractivity (Wildman–Crippen MR) is 44.2 cm³/mol. The van der Waals surface area contributed by atoms with Crippen LogP contribution < -0.4 is 4.43 Å². The Morgan fingerprint density at radius 3 is 2.67 bits per heavy atom. The standard InChI is InChI=1S/C7H6NO3Si/c1-5-4-6(8(9)10)2-3-7(5)11-12/h2-4H,1H3. The molecule has 0 aliphatic carbocycles. The molecule has 0 aliphatic rings. The summed E-state index contributed by atoms with van der Waals surface area (Å²) in [4.78, 5) is 9.87. The van der Waals surface area contributed by atoms with Gasteiger partial charge >= 0.3 is 10.5 Å². The summed E-state index contributed by atoms with van der Waals surface area (Å²) in [7, 11) is 2.85. The van der Waals surface area contributed by atoms with Crippen molar-refractivity contribution in [2.24, 2.45) is 0 Å². The summed E-state index contributed by atoms with van der Waals surface area (Å²) in [5, 5.41) is 10.3. The monoisotopic (exact) mass is 180 g/mol. The van der Waals surface area contributed by atoms with Crippen molar-refractivity contribution in [2.45, 2.75) is 6.92 Å². The van der Waals surface area contributed by atoms with Gasteiger partial charge in [0.05, 0.1) is 4.92 Å². The Bertz CT molecular complexity index is 314. The number of hydrogen-bond acceptors (Lipinski definition) is 3. The lowest BCUT2D eigenvalue weighted by molar-refractivity contribution is -0.384. The number of nitrogens with zero attached hydrogens (tertiary/aromatic N) is 1. The third kappa shape index (κ3) is 1.62. The number of nitro benzene ring substituents is 1. The molecule has 0 aliphatic heterocycles. The Labute approximate surface area is 72.9 Å². The molecule has 0 aromatic heterocycles. The van der Waals surface area contributed by atoms with E-state index in [0.29, 0.717) is 5.75 Å². The highest BCUT2D eigenvalue weighted by atomic mass is 28.2. The first-order valence-corrected chi connectivity index (χ1v) is 3.64. The summed E-state index contributed by atoms with van der Waals surface area (Å²) in [6, 6.07) is 4.39. The van der Waals surface area contributed by atoms with E-state index in [1.807, 2.05) is 0 Å². The van der Waals surface area contributed by atoms with Gasteiger partial charge in [0.15, 0.2) is 0 Å². The van der Waals surface area contributed by atoms with Crippen molar-refractivity contribution in [1.29, 1.82) is 0 Å². The highest BCUT2D eigenvalue weighted by Crippen LogP contribution is 2.22. The number of benzene rings is 1. The van der Waals surface area contributed by atoms with Crippen LogP contribution in [-0.2, 0) is 0 Å². The fourth-order valence-corrected chi connectivity index (χ4v) is 1.09. The molecule has 0 bridgehead atoms. The van der Waals surface area contributed by atoms with Gasteiger partial charge in [-0.2, -0.15) is 0 Å². The van der Waals surface area contributed by atoms with E-state index in [-0.39, 0.29) is 5.69 Å². The zero-order valence-corrected chi connectivity index (χ0v) is 7.40. The molecule has 0 heterocycles. The van der Waals surface area contributed by atoms with Crippen LogP contribution >= 0.6 is 0 Å². The molecular formula is C7H6NO3Si. The van der Waals surface area contributed by atoms with E-state index in [1.165, 1.54) is 12.1 Å². The van der Waals surface area contributed by atoms with Gasteiger partial charge in [0, 0.05) is 12.1 Å². The first-order chi connectivity index (χ1) is 5.65. The van der Waals surface area contributed by atoms with Gasteiger partial charge in [-0.25, -0.2) is 0 Å². The molecule has 0 atom stereocenters. The molecule has 0 saturated carbocycles. The molecule has 0 N–H and O–H groups in total. The lowest BCUT2D eigenvalue weighted by Crippen LogP contribution is -1.92. The molecule has 0 amide bonds. The van der Waals surface area contributed by atoms with Crippen molar-refractivity contribution in [3.63, 3.8) is 0 Å². The molecule has 0 unspecified atom stereocenters. The topological polar surface area (TPSA) is 52.4 Å². The number of nitro groups is 1. The Hall–Kier alpha value is -1.36. The van der Waals surface area contributed by atoms with E-state index in [2.05, 4.69) is 10.5 Å². The maximum absolute atomic E-state index is 10.3. The van der Waals surface area contributed by atoms with E-state index >= 15 is 0 Å². The largest absolute Gasteiger partial charge is 0.540 e. The maximum Gasteiger partial charge on any atom is 0.341 e. The fourth-order valence-electron chi connectivity index (χ4n) is 0.862. The summed E-state index contributed by atoms with van der Waals surface area (Å²) >= 11 is 0. The second-order valence-electron chi connectivity index (χ2n) is 2.31.